The molecule has 4 nitrogen and oxygen atoms in total. The number of hydrogen-bond donors (Lipinski definition) is 4. The van der Waals surface area contributed by atoms with Crippen LogP contribution in [0.5, 0.6) is 5.75 Å². The molecule has 0 fully saturated rings. The summed E-state index contributed by atoms with van der Waals surface area (Å²) in [5, 5.41) is 9.35. The number of rotatable bonds is 2. The lowest BCUT2D eigenvalue weighted by Gasteiger charge is -2.11. The summed E-state index contributed by atoms with van der Waals surface area (Å²) in [5.74, 6) is 0.141. The molecule has 1 atom stereocenters. The van der Waals surface area contributed by atoms with Gasteiger partial charge in [0.05, 0.1) is 0 Å². The number of nitrogen functional groups attached to an aromatic ring is 1. The molecule has 0 bridgehead atoms. The minimum atomic E-state index is -0.353. The normalized spacial score (nSPS) is 12.8. The fraction of sp³-hybridized carbons (Fsp3) is 0.250. The molecule has 0 spiro atoms. The summed E-state index contributed by atoms with van der Waals surface area (Å²) in [6, 6.07) is 4.41. The van der Waals surface area contributed by atoms with E-state index in [1.807, 2.05) is 0 Å². The van der Waals surface area contributed by atoms with Gasteiger partial charge in [-0.25, -0.2) is 0 Å². The standard InChI is InChI=1S/C8H13N3O/c9-4-7(11)6-3-5(10)1-2-8(6)12/h1-3,7,12H,4,9-11H2. The Bertz CT molecular complexity index is 275. The summed E-state index contributed by atoms with van der Waals surface area (Å²) in [6.07, 6.45) is 0. The van der Waals surface area contributed by atoms with E-state index in [9.17, 15) is 5.11 Å². The van der Waals surface area contributed by atoms with E-state index in [0.29, 0.717) is 11.3 Å². The van der Waals surface area contributed by atoms with Crippen LogP contribution >= 0.6 is 0 Å². The predicted octanol–water partition coefficient (Wildman–Crippen LogP) is -0.0671. The Hall–Kier alpha value is -1.26. The van der Waals surface area contributed by atoms with Gasteiger partial charge in [-0.05, 0) is 18.2 Å². The van der Waals surface area contributed by atoms with Crippen LogP contribution in [0.3, 0.4) is 0 Å². The Balaban J connectivity index is 3.04. The zero-order chi connectivity index (χ0) is 9.14. The van der Waals surface area contributed by atoms with Crippen molar-refractivity contribution in [2.75, 3.05) is 12.3 Å². The van der Waals surface area contributed by atoms with Crippen LogP contribution in [0.25, 0.3) is 0 Å². The molecule has 0 aliphatic rings. The monoisotopic (exact) mass is 167 g/mol. The van der Waals surface area contributed by atoms with Crippen LogP contribution in [-0.4, -0.2) is 11.7 Å². The number of benzene rings is 1. The Labute approximate surface area is 71.0 Å². The second-order valence-corrected chi connectivity index (χ2v) is 2.66. The van der Waals surface area contributed by atoms with Crippen molar-refractivity contribution in [1.29, 1.82) is 0 Å². The molecule has 0 radical (unpaired) electrons. The fourth-order valence-corrected chi connectivity index (χ4v) is 0.997. The largest absolute Gasteiger partial charge is 0.508 e. The highest BCUT2D eigenvalue weighted by atomic mass is 16.3. The van der Waals surface area contributed by atoms with Gasteiger partial charge in [0, 0.05) is 23.8 Å². The van der Waals surface area contributed by atoms with E-state index in [1.165, 1.54) is 6.07 Å². The number of nitrogens with two attached hydrogens (primary N) is 3. The molecule has 12 heavy (non-hydrogen) atoms. The Morgan fingerprint density at radius 3 is 2.67 bits per heavy atom. The SMILES string of the molecule is NCC(N)c1cc(N)ccc1O. The summed E-state index contributed by atoms with van der Waals surface area (Å²) in [6.45, 7) is 0.289. The van der Waals surface area contributed by atoms with E-state index in [0.717, 1.165) is 0 Å². The van der Waals surface area contributed by atoms with Crippen molar-refractivity contribution in [3.63, 3.8) is 0 Å². The molecule has 0 heterocycles. The summed E-state index contributed by atoms with van der Waals surface area (Å²) < 4.78 is 0. The molecule has 1 aromatic rings. The lowest BCUT2D eigenvalue weighted by molar-refractivity contribution is 0.462. The number of aromatic hydroxyl groups is 1. The number of anilines is 1. The number of phenolic OH excluding ortho intramolecular Hbond substituents is 1. The Morgan fingerprint density at radius 2 is 2.08 bits per heavy atom. The van der Waals surface area contributed by atoms with E-state index >= 15 is 0 Å². The van der Waals surface area contributed by atoms with Crippen molar-refractivity contribution in [1.82, 2.24) is 0 Å². The molecule has 0 aliphatic heterocycles. The van der Waals surface area contributed by atoms with Crippen LogP contribution < -0.4 is 17.2 Å². The van der Waals surface area contributed by atoms with Crippen LogP contribution in [-0.2, 0) is 0 Å². The van der Waals surface area contributed by atoms with Gasteiger partial charge in [-0.3, -0.25) is 0 Å². The van der Waals surface area contributed by atoms with E-state index in [4.69, 9.17) is 17.2 Å². The van der Waals surface area contributed by atoms with Crippen LogP contribution in [0.2, 0.25) is 0 Å². The Kier molecular flexibility index (Phi) is 2.52. The lowest BCUT2D eigenvalue weighted by atomic mass is 10.1. The predicted molar refractivity (Wildman–Crippen MR) is 48.5 cm³/mol. The molecule has 7 N–H and O–H groups in total. The molecule has 1 aromatic carbocycles. The van der Waals surface area contributed by atoms with Crippen molar-refractivity contribution >= 4 is 5.69 Å². The zero-order valence-electron chi connectivity index (χ0n) is 6.70. The molecule has 0 amide bonds. The first-order chi connectivity index (χ1) is 5.65. The molecule has 66 valence electrons. The van der Waals surface area contributed by atoms with Crippen molar-refractivity contribution in [2.45, 2.75) is 6.04 Å². The van der Waals surface area contributed by atoms with Crippen molar-refractivity contribution in [2.24, 2.45) is 11.5 Å². The first kappa shape index (κ1) is 8.83. The van der Waals surface area contributed by atoms with Gasteiger partial charge in [0.1, 0.15) is 5.75 Å². The van der Waals surface area contributed by atoms with Crippen molar-refractivity contribution < 1.29 is 5.11 Å². The fourth-order valence-electron chi connectivity index (χ4n) is 0.997. The van der Waals surface area contributed by atoms with Crippen molar-refractivity contribution in [3.8, 4) is 5.75 Å². The van der Waals surface area contributed by atoms with Gasteiger partial charge in [-0.1, -0.05) is 0 Å². The van der Waals surface area contributed by atoms with Gasteiger partial charge in [-0.15, -0.1) is 0 Å². The molecule has 0 aromatic heterocycles. The van der Waals surface area contributed by atoms with Crippen LogP contribution in [0.1, 0.15) is 11.6 Å². The van der Waals surface area contributed by atoms with E-state index in [2.05, 4.69) is 0 Å². The van der Waals surface area contributed by atoms with E-state index < -0.39 is 0 Å². The average Bonchev–Trinajstić information content (AvgIpc) is 2.08. The van der Waals surface area contributed by atoms with Gasteiger partial charge in [0.25, 0.3) is 0 Å². The molecule has 0 saturated heterocycles. The van der Waals surface area contributed by atoms with E-state index in [1.54, 1.807) is 12.1 Å². The third-order valence-corrected chi connectivity index (χ3v) is 1.70. The van der Waals surface area contributed by atoms with Crippen LogP contribution in [0.4, 0.5) is 5.69 Å². The molecule has 1 rings (SSSR count). The maximum absolute atomic E-state index is 9.35. The third kappa shape index (κ3) is 1.66. The van der Waals surface area contributed by atoms with Gasteiger partial charge in [0.2, 0.25) is 0 Å². The molecular weight excluding hydrogens is 154 g/mol. The van der Waals surface area contributed by atoms with Gasteiger partial charge < -0.3 is 22.3 Å². The van der Waals surface area contributed by atoms with Crippen molar-refractivity contribution in [3.05, 3.63) is 23.8 Å². The number of hydrogen-bond acceptors (Lipinski definition) is 4. The molecular formula is C8H13N3O. The highest BCUT2D eigenvalue weighted by Crippen LogP contribution is 2.24. The Morgan fingerprint density at radius 1 is 1.42 bits per heavy atom. The highest BCUT2D eigenvalue weighted by molar-refractivity contribution is 5.48. The molecule has 1 unspecified atom stereocenters. The highest BCUT2D eigenvalue weighted by Gasteiger charge is 2.08. The van der Waals surface area contributed by atoms with Gasteiger partial charge >= 0.3 is 0 Å². The van der Waals surface area contributed by atoms with E-state index in [-0.39, 0.29) is 18.3 Å². The molecule has 4 heteroatoms. The number of phenols is 1. The third-order valence-electron chi connectivity index (χ3n) is 1.70. The minimum absolute atomic E-state index is 0.141. The second kappa shape index (κ2) is 3.42. The van der Waals surface area contributed by atoms with Crippen LogP contribution in [0, 0.1) is 0 Å². The van der Waals surface area contributed by atoms with Gasteiger partial charge in [-0.2, -0.15) is 0 Å². The first-order valence-electron chi connectivity index (χ1n) is 3.69. The average molecular weight is 167 g/mol. The quantitative estimate of drug-likeness (QED) is 0.366. The second-order valence-electron chi connectivity index (χ2n) is 2.66. The summed E-state index contributed by atoms with van der Waals surface area (Å²) in [7, 11) is 0. The van der Waals surface area contributed by atoms with Gasteiger partial charge in [0.15, 0.2) is 0 Å². The first-order valence-corrected chi connectivity index (χ1v) is 3.69. The maximum Gasteiger partial charge on any atom is 0.120 e. The van der Waals surface area contributed by atoms with Crippen LogP contribution in [0.15, 0.2) is 18.2 Å². The summed E-state index contributed by atoms with van der Waals surface area (Å²) in [4.78, 5) is 0. The smallest absolute Gasteiger partial charge is 0.120 e. The lowest BCUT2D eigenvalue weighted by Crippen LogP contribution is -2.20. The molecule has 0 saturated carbocycles. The summed E-state index contributed by atoms with van der Waals surface area (Å²) in [5.41, 5.74) is 17.7. The zero-order valence-corrected chi connectivity index (χ0v) is 6.70. The topological polar surface area (TPSA) is 98.3 Å². The minimum Gasteiger partial charge on any atom is -0.508 e. The molecule has 0 aliphatic carbocycles. The summed E-state index contributed by atoms with van der Waals surface area (Å²) >= 11 is 0. The maximum atomic E-state index is 9.35.